The summed E-state index contributed by atoms with van der Waals surface area (Å²) in [5.74, 6) is 1.96. The molecule has 2 atom stereocenters. The fraction of sp³-hybridized carbons (Fsp3) is 0.400. The number of pyridine rings is 1. The number of nitrogens with two attached hydrogens (primary N) is 1. The Balaban J connectivity index is 1.76. The Morgan fingerprint density at radius 1 is 1.32 bits per heavy atom. The monoisotopic (exact) mass is 402 g/mol. The smallest absolute Gasteiger partial charge is 0.215 e. The number of halogens is 1. The Labute approximate surface area is 167 Å². The van der Waals surface area contributed by atoms with Crippen molar-refractivity contribution in [2.24, 2.45) is 16.6 Å². The van der Waals surface area contributed by atoms with E-state index in [0.29, 0.717) is 36.3 Å². The zero-order chi connectivity index (χ0) is 19.7. The second kappa shape index (κ2) is 7.60. The first kappa shape index (κ1) is 19.0. The van der Waals surface area contributed by atoms with Gasteiger partial charge in [-0.15, -0.1) is 0 Å². The van der Waals surface area contributed by atoms with E-state index in [1.165, 1.54) is 17.8 Å². The third kappa shape index (κ3) is 3.31. The molecule has 1 fully saturated rings. The molecule has 0 bridgehead atoms. The van der Waals surface area contributed by atoms with Gasteiger partial charge >= 0.3 is 0 Å². The molecule has 0 amide bonds. The summed E-state index contributed by atoms with van der Waals surface area (Å²) in [5.41, 5.74) is 6.92. The van der Waals surface area contributed by atoms with Crippen molar-refractivity contribution in [2.75, 3.05) is 38.0 Å². The number of fused-ring (bicyclic) bond motifs is 1. The number of hydrogen-bond acceptors (Lipinski definition) is 7. The highest BCUT2D eigenvalue weighted by Crippen LogP contribution is 2.47. The summed E-state index contributed by atoms with van der Waals surface area (Å²) in [6.45, 7) is 1.68. The van der Waals surface area contributed by atoms with Crippen LogP contribution in [0.3, 0.4) is 0 Å². The third-order valence-corrected chi connectivity index (χ3v) is 6.28. The molecule has 148 valence electrons. The van der Waals surface area contributed by atoms with E-state index in [2.05, 4.69) is 9.88 Å². The lowest BCUT2D eigenvalue weighted by atomic mass is 9.81. The Hall–Kier alpha value is -2.32. The van der Waals surface area contributed by atoms with Gasteiger partial charge in [0.25, 0.3) is 0 Å². The lowest BCUT2D eigenvalue weighted by Gasteiger charge is -2.34. The van der Waals surface area contributed by atoms with Crippen molar-refractivity contribution < 1.29 is 13.9 Å². The Morgan fingerprint density at radius 2 is 2.14 bits per heavy atom. The summed E-state index contributed by atoms with van der Waals surface area (Å²) in [5, 5.41) is 0.500. The van der Waals surface area contributed by atoms with Crippen molar-refractivity contribution >= 4 is 22.7 Å². The summed E-state index contributed by atoms with van der Waals surface area (Å²) in [4.78, 5) is 11.5. The van der Waals surface area contributed by atoms with E-state index in [4.69, 9.17) is 20.2 Å². The number of aromatic nitrogens is 1. The van der Waals surface area contributed by atoms with E-state index < -0.39 is 5.54 Å². The molecule has 2 aliphatic heterocycles. The highest BCUT2D eigenvalue weighted by molar-refractivity contribution is 8.13. The van der Waals surface area contributed by atoms with Gasteiger partial charge in [-0.25, -0.2) is 9.38 Å². The maximum absolute atomic E-state index is 14.8. The molecule has 28 heavy (non-hydrogen) atoms. The quantitative estimate of drug-likeness (QED) is 0.829. The summed E-state index contributed by atoms with van der Waals surface area (Å²) in [7, 11) is 3.24. The topological polar surface area (TPSA) is 73.0 Å². The normalized spacial score (nSPS) is 24.0. The molecule has 1 saturated heterocycles. The van der Waals surface area contributed by atoms with E-state index in [1.807, 2.05) is 24.3 Å². The van der Waals surface area contributed by atoms with Gasteiger partial charge < -0.3 is 20.1 Å². The molecular weight excluding hydrogens is 379 g/mol. The second-order valence-corrected chi connectivity index (χ2v) is 8.09. The first-order valence-electron chi connectivity index (χ1n) is 9.07. The molecule has 2 unspecified atom stereocenters. The fourth-order valence-corrected chi connectivity index (χ4v) is 5.03. The Morgan fingerprint density at radius 3 is 2.89 bits per heavy atom. The van der Waals surface area contributed by atoms with Crippen molar-refractivity contribution in [3.05, 3.63) is 53.3 Å². The molecule has 0 saturated carbocycles. The van der Waals surface area contributed by atoms with Crippen molar-refractivity contribution in [2.45, 2.75) is 12.1 Å². The van der Waals surface area contributed by atoms with Crippen LogP contribution in [-0.4, -0.2) is 43.2 Å². The maximum atomic E-state index is 14.8. The average molecular weight is 402 g/mol. The summed E-state index contributed by atoms with van der Waals surface area (Å²) >= 11 is 1.52. The van der Waals surface area contributed by atoms with Crippen molar-refractivity contribution in [1.29, 1.82) is 0 Å². The van der Waals surface area contributed by atoms with E-state index in [-0.39, 0.29) is 11.7 Å². The van der Waals surface area contributed by atoms with Crippen molar-refractivity contribution in [3.8, 4) is 5.88 Å². The summed E-state index contributed by atoms with van der Waals surface area (Å²) in [6, 6.07) is 10.7. The number of ether oxygens (including phenoxy) is 2. The van der Waals surface area contributed by atoms with Crippen LogP contribution in [-0.2, 0) is 16.9 Å². The molecule has 1 aromatic carbocycles. The lowest BCUT2D eigenvalue weighted by Crippen LogP contribution is -2.40. The molecule has 3 heterocycles. The molecule has 2 N–H and O–H groups in total. The number of aliphatic imine (C=N–C) groups is 1. The first-order valence-corrected chi connectivity index (χ1v) is 10.1. The van der Waals surface area contributed by atoms with Crippen LogP contribution in [0.5, 0.6) is 5.88 Å². The molecule has 0 radical (unpaired) electrons. The van der Waals surface area contributed by atoms with Crippen molar-refractivity contribution in [3.63, 3.8) is 0 Å². The van der Waals surface area contributed by atoms with Gasteiger partial charge in [0.2, 0.25) is 5.88 Å². The number of hydrogen-bond donors (Lipinski definition) is 1. The zero-order valence-corrected chi connectivity index (χ0v) is 16.7. The molecule has 6 nitrogen and oxygen atoms in total. The number of rotatable bonds is 5. The molecule has 4 rings (SSSR count). The Bertz CT molecular complexity index is 910. The predicted octanol–water partition coefficient (Wildman–Crippen LogP) is 2.77. The average Bonchev–Trinajstić information content (AvgIpc) is 3.08. The predicted molar refractivity (Wildman–Crippen MR) is 109 cm³/mol. The number of nitrogens with zero attached hydrogens (tertiary/aromatic N) is 3. The first-order chi connectivity index (χ1) is 13.6. The second-order valence-electron chi connectivity index (χ2n) is 7.05. The van der Waals surface area contributed by atoms with Gasteiger partial charge in [-0.3, -0.25) is 0 Å². The Kier molecular flexibility index (Phi) is 5.16. The lowest BCUT2D eigenvalue weighted by molar-refractivity contribution is 0.184. The number of benzene rings is 1. The van der Waals surface area contributed by atoms with Gasteiger partial charge in [0.1, 0.15) is 17.2 Å². The van der Waals surface area contributed by atoms with Crippen LogP contribution in [0.1, 0.15) is 11.1 Å². The number of anilines is 1. The van der Waals surface area contributed by atoms with Crippen molar-refractivity contribution in [1.82, 2.24) is 4.98 Å². The SMILES string of the molecule is COCc1cc(OC)nc(N2CC3CSC(N)=NC3(c3ccccc3F)C2)c1. The molecule has 0 spiro atoms. The van der Waals surface area contributed by atoms with E-state index in [0.717, 1.165) is 17.1 Å². The summed E-state index contributed by atoms with van der Waals surface area (Å²) < 4.78 is 25.4. The standard InChI is InChI=1S/C20H23FN4O2S/c1-26-10-13-7-17(23-18(8-13)27-2)25-9-14-11-28-19(22)24-20(14,12-25)15-5-3-4-6-16(15)21/h3-8,14H,9-12H2,1-2H3,(H2,22,24). The van der Waals surface area contributed by atoms with E-state index in [9.17, 15) is 4.39 Å². The van der Waals surface area contributed by atoms with Crippen LogP contribution in [0.25, 0.3) is 0 Å². The maximum Gasteiger partial charge on any atom is 0.215 e. The molecular formula is C20H23FN4O2S. The highest BCUT2D eigenvalue weighted by atomic mass is 32.2. The zero-order valence-electron chi connectivity index (χ0n) is 15.9. The van der Waals surface area contributed by atoms with Gasteiger partial charge in [0, 0.05) is 43.5 Å². The van der Waals surface area contributed by atoms with Crippen LogP contribution in [0, 0.1) is 11.7 Å². The molecule has 8 heteroatoms. The molecule has 1 aromatic heterocycles. The van der Waals surface area contributed by atoms with Gasteiger partial charge in [0.15, 0.2) is 5.17 Å². The third-order valence-electron chi connectivity index (χ3n) is 5.32. The van der Waals surface area contributed by atoms with E-state index >= 15 is 0 Å². The number of amidine groups is 1. The van der Waals surface area contributed by atoms with Crippen LogP contribution >= 0.6 is 11.8 Å². The van der Waals surface area contributed by atoms with Crippen LogP contribution in [0.2, 0.25) is 0 Å². The highest BCUT2D eigenvalue weighted by Gasteiger charge is 2.51. The molecule has 2 aliphatic rings. The molecule has 2 aromatic rings. The fourth-order valence-electron chi connectivity index (χ4n) is 4.05. The van der Waals surface area contributed by atoms with Gasteiger partial charge in [0.05, 0.1) is 13.7 Å². The van der Waals surface area contributed by atoms with Gasteiger partial charge in [-0.1, -0.05) is 30.0 Å². The van der Waals surface area contributed by atoms with Gasteiger partial charge in [-0.2, -0.15) is 4.98 Å². The minimum absolute atomic E-state index is 0.126. The largest absolute Gasteiger partial charge is 0.481 e. The van der Waals surface area contributed by atoms with Gasteiger partial charge in [-0.05, 0) is 17.7 Å². The van der Waals surface area contributed by atoms with Crippen LogP contribution < -0.4 is 15.4 Å². The number of methoxy groups -OCH3 is 2. The minimum Gasteiger partial charge on any atom is -0.481 e. The van der Waals surface area contributed by atoms with E-state index in [1.54, 1.807) is 20.3 Å². The minimum atomic E-state index is -0.715. The van der Waals surface area contributed by atoms with Crippen LogP contribution in [0.4, 0.5) is 10.2 Å². The van der Waals surface area contributed by atoms with Crippen LogP contribution in [0.15, 0.2) is 41.4 Å². The summed E-state index contributed by atoms with van der Waals surface area (Å²) in [6.07, 6.45) is 0. The molecule has 0 aliphatic carbocycles. The number of thioether (sulfide) groups is 1.